The standard InChI is InChI=1S/C29H32N6O4S/c1-19(2)39-29(36)34-22-9-7-21(8-10-22)28-26(16-30)25-12-11-24(15-27(25)35(28)23-5-4-6-23)40(37,38)14-13-20(3)33-18-32-17-31/h7-12,15,17-19,23H,3-6,13-14H2,1-2H3,(H,34,36)(H2,31,32,33). The second-order valence-electron chi connectivity index (χ2n) is 9.80. The highest BCUT2D eigenvalue weighted by Crippen LogP contribution is 2.43. The van der Waals surface area contributed by atoms with Crippen LogP contribution < -0.4 is 11.1 Å². The first kappa shape index (κ1) is 28.6. The predicted molar refractivity (Wildman–Crippen MR) is 157 cm³/mol. The van der Waals surface area contributed by atoms with Crippen molar-refractivity contribution in [1.29, 1.82) is 5.26 Å². The summed E-state index contributed by atoms with van der Waals surface area (Å²) in [6.07, 6.45) is 4.58. The SMILES string of the molecule is C=C(CCS(=O)(=O)c1ccc2c(C#N)c(-c3ccc(NC(=O)OC(C)C)cc3)n(C3CCC3)c2c1)/N=C\N=C/N. The van der Waals surface area contributed by atoms with E-state index in [-0.39, 0.29) is 29.2 Å². The van der Waals surface area contributed by atoms with Gasteiger partial charge in [0.15, 0.2) is 9.84 Å². The van der Waals surface area contributed by atoms with Crippen LogP contribution in [0.5, 0.6) is 0 Å². The lowest BCUT2D eigenvalue weighted by molar-refractivity contribution is 0.130. The maximum Gasteiger partial charge on any atom is 0.411 e. The van der Waals surface area contributed by atoms with Crippen molar-refractivity contribution in [2.75, 3.05) is 11.1 Å². The lowest BCUT2D eigenvalue weighted by Crippen LogP contribution is -2.18. The average molecular weight is 561 g/mol. The van der Waals surface area contributed by atoms with Crippen molar-refractivity contribution in [3.05, 3.63) is 60.3 Å². The summed E-state index contributed by atoms with van der Waals surface area (Å²) in [5, 5.41) is 13.6. The summed E-state index contributed by atoms with van der Waals surface area (Å²) >= 11 is 0. The molecule has 0 bridgehead atoms. The fourth-order valence-electron chi connectivity index (χ4n) is 4.57. The molecule has 0 aliphatic heterocycles. The molecule has 1 fully saturated rings. The highest BCUT2D eigenvalue weighted by molar-refractivity contribution is 7.91. The third-order valence-electron chi connectivity index (χ3n) is 6.69. The Morgan fingerprint density at radius 3 is 2.60 bits per heavy atom. The van der Waals surface area contributed by atoms with Crippen molar-refractivity contribution in [3.8, 4) is 17.3 Å². The fourth-order valence-corrected chi connectivity index (χ4v) is 5.87. The molecule has 0 atom stereocenters. The smallest absolute Gasteiger partial charge is 0.411 e. The summed E-state index contributed by atoms with van der Waals surface area (Å²) in [6, 6.07) is 14.6. The van der Waals surface area contributed by atoms with E-state index in [2.05, 4.69) is 32.5 Å². The number of allylic oxidation sites excluding steroid dienone is 1. The average Bonchev–Trinajstić information content (AvgIpc) is 3.20. The molecule has 1 aliphatic carbocycles. The van der Waals surface area contributed by atoms with Crippen molar-refractivity contribution < 1.29 is 17.9 Å². The number of aromatic nitrogens is 1. The molecule has 1 aliphatic rings. The highest BCUT2D eigenvalue weighted by atomic mass is 32.2. The van der Waals surface area contributed by atoms with Crippen LogP contribution in [0.3, 0.4) is 0 Å². The number of ether oxygens (including phenoxy) is 1. The molecule has 0 saturated heterocycles. The Hall–Kier alpha value is -4.43. The zero-order valence-corrected chi connectivity index (χ0v) is 23.3. The molecule has 10 nitrogen and oxygen atoms in total. The molecule has 2 aromatic carbocycles. The Balaban J connectivity index is 1.71. The molecule has 1 aromatic heterocycles. The monoisotopic (exact) mass is 560 g/mol. The van der Waals surface area contributed by atoms with Crippen LogP contribution in [0, 0.1) is 11.3 Å². The van der Waals surface area contributed by atoms with Crippen LogP contribution in [-0.4, -0.2) is 43.6 Å². The van der Waals surface area contributed by atoms with Crippen LogP contribution in [0.4, 0.5) is 10.5 Å². The maximum absolute atomic E-state index is 13.2. The number of nitrogens with zero attached hydrogens (tertiary/aromatic N) is 4. The maximum atomic E-state index is 13.2. The van der Waals surface area contributed by atoms with E-state index in [9.17, 15) is 18.5 Å². The zero-order chi connectivity index (χ0) is 28.9. The van der Waals surface area contributed by atoms with Crippen molar-refractivity contribution >= 4 is 45.2 Å². The Morgan fingerprint density at radius 2 is 2.00 bits per heavy atom. The molecule has 0 radical (unpaired) electrons. The highest BCUT2D eigenvalue weighted by Gasteiger charge is 2.29. The first-order valence-electron chi connectivity index (χ1n) is 13.0. The van der Waals surface area contributed by atoms with E-state index in [1.807, 2.05) is 12.1 Å². The van der Waals surface area contributed by atoms with E-state index >= 15 is 0 Å². The van der Waals surface area contributed by atoms with Gasteiger partial charge in [0.2, 0.25) is 0 Å². The van der Waals surface area contributed by atoms with Gasteiger partial charge in [0.1, 0.15) is 12.4 Å². The number of nitrogens with two attached hydrogens (primary N) is 1. The zero-order valence-electron chi connectivity index (χ0n) is 22.5. The third-order valence-corrected chi connectivity index (χ3v) is 8.40. The molecule has 0 unspecified atom stereocenters. The van der Waals surface area contributed by atoms with Crippen LogP contribution in [0.2, 0.25) is 0 Å². The number of carbonyl (C=O) groups is 1. The van der Waals surface area contributed by atoms with Gasteiger partial charge in [-0.3, -0.25) is 5.32 Å². The second-order valence-corrected chi connectivity index (χ2v) is 11.9. The molecule has 11 heteroatoms. The molecular formula is C29H32N6O4S. The minimum Gasteiger partial charge on any atom is -0.447 e. The van der Waals surface area contributed by atoms with Crippen molar-refractivity contribution in [1.82, 2.24) is 4.57 Å². The Morgan fingerprint density at radius 1 is 1.27 bits per heavy atom. The van der Waals surface area contributed by atoms with E-state index in [4.69, 9.17) is 10.5 Å². The number of amides is 1. The van der Waals surface area contributed by atoms with E-state index in [0.29, 0.717) is 27.9 Å². The minimum atomic E-state index is -3.66. The van der Waals surface area contributed by atoms with Crippen LogP contribution >= 0.6 is 0 Å². The topological polar surface area (TPSA) is 152 Å². The van der Waals surface area contributed by atoms with E-state index in [1.165, 1.54) is 6.34 Å². The summed E-state index contributed by atoms with van der Waals surface area (Å²) in [5.74, 6) is -0.170. The van der Waals surface area contributed by atoms with Gasteiger partial charge in [-0.15, -0.1) is 0 Å². The summed E-state index contributed by atoms with van der Waals surface area (Å²) in [6.45, 7) is 7.32. The number of hydrogen-bond acceptors (Lipinski definition) is 6. The Labute approximate surface area is 233 Å². The third kappa shape index (κ3) is 6.24. The van der Waals surface area contributed by atoms with Crippen molar-refractivity contribution in [2.24, 2.45) is 15.7 Å². The molecule has 40 heavy (non-hydrogen) atoms. The summed E-state index contributed by atoms with van der Waals surface area (Å²) in [5.41, 5.74) is 8.82. The molecule has 3 aromatic rings. The number of nitriles is 1. The van der Waals surface area contributed by atoms with Gasteiger partial charge in [0, 0.05) is 29.2 Å². The molecular weight excluding hydrogens is 528 g/mol. The van der Waals surface area contributed by atoms with Crippen molar-refractivity contribution in [2.45, 2.75) is 56.6 Å². The largest absolute Gasteiger partial charge is 0.447 e. The number of anilines is 1. The van der Waals surface area contributed by atoms with Crippen molar-refractivity contribution in [3.63, 3.8) is 0 Å². The van der Waals surface area contributed by atoms with Gasteiger partial charge in [-0.05, 0) is 62.9 Å². The number of carbonyl (C=O) groups excluding carboxylic acids is 1. The Bertz CT molecular complexity index is 1630. The molecule has 1 amide bonds. The first-order valence-corrected chi connectivity index (χ1v) is 14.6. The Kier molecular flexibility index (Phi) is 8.70. The molecule has 1 saturated carbocycles. The summed E-state index contributed by atoms with van der Waals surface area (Å²) in [4.78, 5) is 19.8. The summed E-state index contributed by atoms with van der Waals surface area (Å²) < 4.78 is 33.7. The minimum absolute atomic E-state index is 0.139. The summed E-state index contributed by atoms with van der Waals surface area (Å²) in [7, 11) is -3.66. The molecule has 3 N–H and O–H groups in total. The van der Waals surface area contributed by atoms with E-state index in [0.717, 1.165) is 36.9 Å². The van der Waals surface area contributed by atoms with Gasteiger partial charge in [-0.1, -0.05) is 24.8 Å². The van der Waals surface area contributed by atoms with Crippen LogP contribution in [0.15, 0.2) is 69.6 Å². The lowest BCUT2D eigenvalue weighted by Gasteiger charge is -2.30. The molecule has 4 rings (SSSR count). The van der Waals surface area contributed by atoms with Crippen LogP contribution in [0.25, 0.3) is 22.2 Å². The number of hydrogen-bond donors (Lipinski definition) is 2. The van der Waals surface area contributed by atoms with Gasteiger partial charge >= 0.3 is 6.09 Å². The quantitative estimate of drug-likeness (QED) is 0.245. The number of aliphatic imine (C=N–C) groups is 2. The number of rotatable bonds is 10. The van der Waals surface area contributed by atoms with Gasteiger partial charge in [0.05, 0.1) is 39.9 Å². The fraction of sp³-hybridized carbons (Fsp3) is 0.310. The number of nitrogens with one attached hydrogen (secondary N) is 1. The predicted octanol–water partition coefficient (Wildman–Crippen LogP) is 5.55. The van der Waals surface area contributed by atoms with Crippen LogP contribution in [0.1, 0.15) is 51.1 Å². The van der Waals surface area contributed by atoms with Gasteiger partial charge in [-0.25, -0.2) is 23.2 Å². The normalized spacial score (nSPS) is 14.1. The van der Waals surface area contributed by atoms with E-state index in [1.54, 1.807) is 44.2 Å². The molecule has 0 spiro atoms. The molecule has 208 valence electrons. The molecule has 1 heterocycles. The van der Waals surface area contributed by atoms with Gasteiger partial charge in [0.25, 0.3) is 0 Å². The van der Waals surface area contributed by atoms with Gasteiger partial charge in [-0.2, -0.15) is 5.26 Å². The van der Waals surface area contributed by atoms with E-state index < -0.39 is 15.9 Å². The first-order chi connectivity index (χ1) is 19.1. The second kappa shape index (κ2) is 12.2. The van der Waals surface area contributed by atoms with Gasteiger partial charge < -0.3 is 15.0 Å². The number of sulfone groups is 1. The lowest BCUT2D eigenvalue weighted by atomic mass is 9.92. The van der Waals surface area contributed by atoms with Crippen LogP contribution in [-0.2, 0) is 14.6 Å². The number of benzene rings is 2. The number of fused-ring (bicyclic) bond motifs is 1.